The molecule has 0 radical (unpaired) electrons. The first-order valence-electron chi connectivity index (χ1n) is 16.2. The van der Waals surface area contributed by atoms with Gasteiger partial charge < -0.3 is 33.9 Å². The van der Waals surface area contributed by atoms with Gasteiger partial charge in [0.05, 0.1) is 27.7 Å². The molecule has 3 aromatic rings. The first-order valence-corrected chi connectivity index (χ1v) is 16.2. The normalized spacial score (nSPS) is 34.2. The number of aliphatic hydroxyl groups is 2. The molecule has 0 amide bonds. The Morgan fingerprint density at radius 1 is 0.673 bits per heavy atom. The van der Waals surface area contributed by atoms with Gasteiger partial charge in [-0.15, -0.1) is 0 Å². The lowest BCUT2D eigenvalue weighted by Crippen LogP contribution is -2.85. The monoisotopic (exact) mass is 672 g/mol. The molecule has 49 heavy (non-hydrogen) atoms. The van der Waals surface area contributed by atoms with Crippen molar-refractivity contribution in [2.24, 2.45) is 11.3 Å². The third kappa shape index (κ3) is 5.40. The van der Waals surface area contributed by atoms with Crippen LogP contribution in [-0.4, -0.2) is 81.4 Å². The lowest BCUT2D eigenvalue weighted by Gasteiger charge is -2.66. The smallest absolute Gasteiger partial charge is 0.338 e. The van der Waals surface area contributed by atoms with E-state index >= 15 is 0 Å². The summed E-state index contributed by atoms with van der Waals surface area (Å²) in [5, 5.41) is 24.7. The maximum atomic E-state index is 13.8. The Kier molecular flexibility index (Phi) is 8.67. The Bertz CT molecular complexity index is 1720. The highest BCUT2D eigenvalue weighted by molar-refractivity contribution is 5.91. The van der Waals surface area contributed by atoms with E-state index in [1.165, 1.54) is 19.1 Å². The van der Waals surface area contributed by atoms with Crippen molar-refractivity contribution < 1.29 is 53.1 Å². The predicted molar refractivity (Wildman–Crippen MR) is 173 cm³/mol. The molecule has 1 heterocycles. The van der Waals surface area contributed by atoms with E-state index in [0.29, 0.717) is 0 Å². The van der Waals surface area contributed by atoms with Crippen LogP contribution in [0.1, 0.15) is 72.1 Å². The summed E-state index contributed by atoms with van der Waals surface area (Å²) >= 11 is 0. The van der Waals surface area contributed by atoms with Gasteiger partial charge in [0.1, 0.15) is 29.5 Å². The fourth-order valence-corrected chi connectivity index (χ4v) is 8.24. The molecule has 11 nitrogen and oxygen atoms in total. The Hall–Kier alpha value is -4.58. The summed E-state index contributed by atoms with van der Waals surface area (Å²) in [7, 11) is 0. The van der Waals surface area contributed by atoms with Gasteiger partial charge in [-0.3, -0.25) is 4.79 Å². The van der Waals surface area contributed by atoms with Crippen LogP contribution in [0.15, 0.2) is 91.0 Å². The van der Waals surface area contributed by atoms with E-state index in [9.17, 15) is 29.4 Å². The molecule has 3 aromatic carbocycles. The van der Waals surface area contributed by atoms with E-state index in [4.69, 9.17) is 23.7 Å². The van der Waals surface area contributed by atoms with Crippen LogP contribution < -0.4 is 0 Å². The van der Waals surface area contributed by atoms with Crippen LogP contribution in [0.4, 0.5) is 0 Å². The predicted octanol–water partition coefficient (Wildman–Crippen LogP) is 4.29. The third-order valence-corrected chi connectivity index (χ3v) is 10.6. The van der Waals surface area contributed by atoms with Crippen LogP contribution in [-0.2, 0) is 28.5 Å². The molecular weight excluding hydrogens is 632 g/mol. The summed E-state index contributed by atoms with van der Waals surface area (Å²) in [6, 6.07) is 24.6. The minimum Gasteiger partial charge on any atom is -0.458 e. The van der Waals surface area contributed by atoms with Gasteiger partial charge in [0.15, 0.2) is 12.2 Å². The molecule has 2 N–H and O–H groups in total. The molecule has 1 saturated heterocycles. The number of hydrogen-bond acceptors (Lipinski definition) is 11. The van der Waals surface area contributed by atoms with Crippen molar-refractivity contribution in [2.75, 3.05) is 0 Å². The van der Waals surface area contributed by atoms with Crippen molar-refractivity contribution in [3.05, 3.63) is 108 Å². The number of aliphatic hydroxyl groups excluding tert-OH is 1. The maximum Gasteiger partial charge on any atom is 0.338 e. The Morgan fingerprint density at radius 3 is 1.55 bits per heavy atom. The summed E-state index contributed by atoms with van der Waals surface area (Å²) < 4.78 is 31.3. The van der Waals surface area contributed by atoms with E-state index in [-0.39, 0.29) is 23.1 Å². The van der Waals surface area contributed by atoms with Gasteiger partial charge in [-0.25, -0.2) is 14.4 Å². The highest BCUT2D eigenvalue weighted by Gasteiger charge is 2.86. The highest BCUT2D eigenvalue weighted by Crippen LogP contribution is 2.69. The zero-order valence-electron chi connectivity index (χ0n) is 27.9. The number of carbonyl (C=O) groups excluding carboxylic acids is 4. The number of rotatable bonds is 7. The molecule has 2 aliphatic carbocycles. The molecule has 3 fully saturated rings. The second kappa shape index (κ2) is 12.4. The summed E-state index contributed by atoms with van der Waals surface area (Å²) in [6.45, 7) is 7.50. The average Bonchev–Trinajstić information content (AvgIpc) is 3.27. The van der Waals surface area contributed by atoms with Gasteiger partial charge in [0, 0.05) is 12.8 Å². The van der Waals surface area contributed by atoms with Gasteiger partial charge >= 0.3 is 23.9 Å². The average molecular weight is 673 g/mol. The molecule has 1 aliphatic heterocycles. The molecule has 0 aromatic heterocycles. The quantitative estimate of drug-likeness (QED) is 0.273. The first kappa shape index (κ1) is 34.3. The summed E-state index contributed by atoms with van der Waals surface area (Å²) in [5.41, 5.74) is -6.81. The third-order valence-electron chi connectivity index (χ3n) is 10.6. The van der Waals surface area contributed by atoms with Gasteiger partial charge in [0.25, 0.3) is 0 Å². The lowest BCUT2D eigenvalue weighted by atomic mass is 9.46. The number of hydrogen-bond donors (Lipinski definition) is 2. The van der Waals surface area contributed by atoms with E-state index in [1.807, 2.05) is 0 Å². The topological polar surface area (TPSA) is 155 Å². The first-order chi connectivity index (χ1) is 23.1. The number of esters is 4. The second-order valence-electron chi connectivity index (χ2n) is 13.9. The molecule has 3 aliphatic rings. The SMILES string of the molecule is CC(=O)OC1C(O)C(C)(O)C23OC(C)(C)C(CC(OC(=O)c4ccccc4)C2(C)C1OC(=O)c1ccccc1)C3OC(=O)c1ccccc1. The molecule has 9 unspecified atom stereocenters. The fraction of sp³-hybridized carbons (Fsp3) is 0.421. The fourth-order valence-electron chi connectivity index (χ4n) is 8.24. The van der Waals surface area contributed by atoms with Gasteiger partial charge in [-0.2, -0.15) is 0 Å². The minimum atomic E-state index is -2.36. The van der Waals surface area contributed by atoms with Crippen LogP contribution in [0, 0.1) is 11.3 Å². The molecule has 2 saturated carbocycles. The number of fused-ring (bicyclic) bond motifs is 1. The number of carbonyl (C=O) groups is 4. The molecule has 11 heteroatoms. The van der Waals surface area contributed by atoms with Crippen molar-refractivity contribution in [3.63, 3.8) is 0 Å². The molecule has 258 valence electrons. The van der Waals surface area contributed by atoms with Crippen LogP contribution in [0.5, 0.6) is 0 Å². The van der Waals surface area contributed by atoms with Crippen LogP contribution in [0.25, 0.3) is 0 Å². The number of ether oxygens (including phenoxy) is 5. The molecule has 9 atom stereocenters. The van der Waals surface area contributed by atoms with Crippen molar-refractivity contribution in [1.82, 2.24) is 0 Å². The summed E-state index contributed by atoms with van der Waals surface area (Å²) in [6.07, 6.45) is -7.63. The van der Waals surface area contributed by atoms with Crippen molar-refractivity contribution in [1.29, 1.82) is 0 Å². The molecule has 2 bridgehead atoms. The summed E-state index contributed by atoms with van der Waals surface area (Å²) in [4.78, 5) is 53.9. The van der Waals surface area contributed by atoms with Crippen molar-refractivity contribution in [2.45, 2.75) is 88.4 Å². The van der Waals surface area contributed by atoms with Crippen LogP contribution >= 0.6 is 0 Å². The molecule has 6 rings (SSSR count). The lowest BCUT2D eigenvalue weighted by molar-refractivity contribution is -0.366. The minimum absolute atomic E-state index is 0.0227. The van der Waals surface area contributed by atoms with Crippen molar-refractivity contribution in [3.8, 4) is 0 Å². The zero-order valence-corrected chi connectivity index (χ0v) is 27.9. The van der Waals surface area contributed by atoms with Crippen molar-refractivity contribution >= 4 is 23.9 Å². The zero-order chi connectivity index (χ0) is 35.4. The van der Waals surface area contributed by atoms with Gasteiger partial charge in [-0.1, -0.05) is 54.6 Å². The van der Waals surface area contributed by atoms with Gasteiger partial charge in [-0.05, 0) is 70.5 Å². The van der Waals surface area contributed by atoms with E-state index in [2.05, 4.69) is 0 Å². The Labute approximate surface area is 284 Å². The van der Waals surface area contributed by atoms with E-state index in [1.54, 1.807) is 99.6 Å². The largest absolute Gasteiger partial charge is 0.458 e. The Morgan fingerprint density at radius 2 is 1.10 bits per heavy atom. The second-order valence-corrected chi connectivity index (χ2v) is 13.9. The van der Waals surface area contributed by atoms with Gasteiger partial charge in [0.2, 0.25) is 0 Å². The van der Waals surface area contributed by atoms with E-state index < -0.39 is 82.5 Å². The maximum absolute atomic E-state index is 13.8. The standard InChI is InChI=1S/C38H40O11/c1-22(39)45-28-29(40)37(5,44)38-30(47-33(42)24-17-11-7-12-18-24)26(35(2,3)49-38)21-27(46-32(41)23-15-9-6-10-16-23)36(38,4)31(28)48-34(43)25-19-13-8-14-20-25/h6-20,26-31,40,44H,21H2,1-5H3. The van der Waals surface area contributed by atoms with Crippen LogP contribution in [0.3, 0.4) is 0 Å². The Balaban J connectivity index is 1.57. The molecular formula is C38H40O11. The molecule has 1 spiro atoms. The van der Waals surface area contributed by atoms with Crippen LogP contribution in [0.2, 0.25) is 0 Å². The highest BCUT2D eigenvalue weighted by atomic mass is 16.6. The number of benzene rings is 3. The summed E-state index contributed by atoms with van der Waals surface area (Å²) in [5.74, 6) is -3.79. The van der Waals surface area contributed by atoms with E-state index in [0.717, 1.165) is 6.92 Å².